The first-order valence-corrected chi connectivity index (χ1v) is 13.0. The molecule has 1 unspecified atom stereocenters. The van der Waals surface area contributed by atoms with Gasteiger partial charge in [-0.15, -0.1) is 9.25 Å². The number of rotatable bonds is 2. The van der Waals surface area contributed by atoms with E-state index in [9.17, 15) is 0 Å². The fraction of sp³-hybridized carbons (Fsp3) is 0.0909. The molecule has 3 aromatic heterocycles. The van der Waals surface area contributed by atoms with Gasteiger partial charge in [0.05, 0.1) is 11.8 Å². The molecule has 5 nitrogen and oxygen atoms in total. The van der Waals surface area contributed by atoms with Crippen LogP contribution >= 0.6 is 0 Å². The predicted molar refractivity (Wildman–Crippen MR) is 142 cm³/mol. The number of furan rings is 1. The van der Waals surface area contributed by atoms with Gasteiger partial charge in [-0.3, -0.25) is 0 Å². The molecule has 3 aliphatic heterocycles. The lowest BCUT2D eigenvalue weighted by atomic mass is 9.87. The van der Waals surface area contributed by atoms with Crippen LogP contribution in [0.15, 0.2) is 108 Å². The van der Waals surface area contributed by atoms with Crippen LogP contribution < -0.4 is 14.0 Å². The number of hydrogen-bond donors (Lipinski definition) is 0. The fourth-order valence-corrected chi connectivity index (χ4v) is 7.06. The van der Waals surface area contributed by atoms with Crippen molar-refractivity contribution in [1.29, 1.82) is 0 Å². The van der Waals surface area contributed by atoms with Crippen LogP contribution in [0, 0.1) is 13.8 Å². The van der Waals surface area contributed by atoms with Gasteiger partial charge in [-0.05, 0) is 54.9 Å². The third-order valence-corrected chi connectivity index (χ3v) is 8.42. The van der Waals surface area contributed by atoms with Crippen LogP contribution in [-0.2, 0) is 5.66 Å². The Bertz CT molecular complexity index is 1980. The van der Waals surface area contributed by atoms with Gasteiger partial charge in [0.2, 0.25) is 11.9 Å². The van der Waals surface area contributed by atoms with Crippen molar-refractivity contribution in [3.63, 3.8) is 0 Å². The normalized spacial score (nSPS) is 17.0. The molecule has 38 heavy (non-hydrogen) atoms. The van der Waals surface area contributed by atoms with Crippen molar-refractivity contribution >= 4 is 0 Å². The Labute approximate surface area is 219 Å². The Kier molecular flexibility index (Phi) is 3.56. The highest BCUT2D eigenvalue weighted by molar-refractivity contribution is 5.82. The first kappa shape index (κ1) is 20.2. The van der Waals surface area contributed by atoms with Gasteiger partial charge in [0.1, 0.15) is 28.7 Å². The van der Waals surface area contributed by atoms with Gasteiger partial charge in [-0.1, -0.05) is 42.5 Å². The Morgan fingerprint density at radius 1 is 0.763 bits per heavy atom. The molecule has 0 radical (unpaired) electrons. The van der Waals surface area contributed by atoms with Crippen molar-refractivity contribution in [3.8, 4) is 51.1 Å². The topological polar surface area (TPSA) is 35.1 Å². The monoisotopic (exact) mass is 493 g/mol. The lowest BCUT2D eigenvalue weighted by molar-refractivity contribution is -0.988. The molecule has 3 aliphatic rings. The van der Waals surface area contributed by atoms with E-state index in [1.54, 1.807) is 0 Å². The molecule has 1 atom stereocenters. The lowest BCUT2D eigenvalue weighted by Gasteiger charge is -2.24. The Balaban J connectivity index is 1.37. The number of aromatic nitrogens is 3. The molecule has 0 N–H and O–H groups in total. The molecule has 0 fully saturated rings. The summed E-state index contributed by atoms with van der Waals surface area (Å²) in [5, 5.41) is 0. The Morgan fingerprint density at radius 3 is 2.42 bits per heavy atom. The summed E-state index contributed by atoms with van der Waals surface area (Å²) < 4.78 is 20.1. The second-order valence-corrected chi connectivity index (χ2v) is 10.3. The van der Waals surface area contributed by atoms with Crippen LogP contribution in [0.4, 0.5) is 0 Å². The van der Waals surface area contributed by atoms with Crippen molar-refractivity contribution in [2.24, 2.45) is 0 Å². The van der Waals surface area contributed by atoms with Gasteiger partial charge < -0.3 is 9.15 Å². The number of hydrogen-bond acceptors (Lipinski definition) is 2. The van der Waals surface area contributed by atoms with E-state index in [4.69, 9.17) is 9.15 Å². The predicted octanol–water partition coefficient (Wildman–Crippen LogP) is 6.29. The maximum atomic E-state index is 6.57. The smallest absolute Gasteiger partial charge is 0.447 e. The zero-order valence-electron chi connectivity index (χ0n) is 21.0. The van der Waals surface area contributed by atoms with Gasteiger partial charge >= 0.3 is 5.66 Å². The molecule has 9 rings (SSSR count). The second kappa shape index (κ2) is 6.69. The molecular formula is C33H23N3O2+2. The summed E-state index contributed by atoms with van der Waals surface area (Å²) in [6.45, 7) is 4.41. The van der Waals surface area contributed by atoms with Gasteiger partial charge in [0.15, 0.2) is 17.3 Å². The van der Waals surface area contributed by atoms with E-state index in [0.717, 1.165) is 39.8 Å². The zero-order valence-corrected chi connectivity index (χ0v) is 21.0. The highest BCUT2D eigenvalue weighted by Gasteiger charge is 2.72. The fourth-order valence-electron chi connectivity index (χ4n) is 7.06. The van der Waals surface area contributed by atoms with E-state index in [-0.39, 0.29) is 0 Å². The number of nitrogens with zero attached hydrogens (tertiary/aromatic N) is 3. The molecule has 0 saturated carbocycles. The largest absolute Gasteiger partial charge is 0.456 e. The zero-order chi connectivity index (χ0) is 25.2. The minimum atomic E-state index is -0.554. The maximum absolute atomic E-state index is 6.57. The number of benzene rings is 3. The summed E-state index contributed by atoms with van der Waals surface area (Å²) in [4.78, 5) is 0. The van der Waals surface area contributed by atoms with E-state index in [1.165, 1.54) is 33.5 Å². The summed E-state index contributed by atoms with van der Waals surface area (Å²) in [7, 11) is 0. The van der Waals surface area contributed by atoms with Crippen molar-refractivity contribution in [1.82, 2.24) is 4.68 Å². The van der Waals surface area contributed by atoms with Crippen LogP contribution in [0.25, 0.3) is 39.6 Å². The Morgan fingerprint density at radius 2 is 1.55 bits per heavy atom. The minimum Gasteiger partial charge on any atom is -0.456 e. The first-order chi connectivity index (χ1) is 18.7. The number of aryl methyl sites for hydroxylation is 1. The van der Waals surface area contributed by atoms with Crippen molar-refractivity contribution in [2.75, 3.05) is 0 Å². The molecule has 180 valence electrons. The minimum absolute atomic E-state index is 0.554. The number of ether oxygens (including phenoxy) is 1. The molecule has 3 aromatic carbocycles. The van der Waals surface area contributed by atoms with E-state index in [0.29, 0.717) is 0 Å². The third kappa shape index (κ3) is 2.16. The molecule has 0 bridgehead atoms. The lowest BCUT2D eigenvalue weighted by Crippen LogP contribution is -2.73. The van der Waals surface area contributed by atoms with Crippen molar-refractivity contribution < 1.29 is 18.4 Å². The molecule has 1 spiro atoms. The number of pyridine rings is 1. The van der Waals surface area contributed by atoms with Gasteiger partial charge in [0, 0.05) is 28.3 Å². The van der Waals surface area contributed by atoms with Crippen LogP contribution in [0.5, 0.6) is 11.5 Å². The molecule has 0 amide bonds. The summed E-state index contributed by atoms with van der Waals surface area (Å²) in [6.07, 6.45) is 6.61. The van der Waals surface area contributed by atoms with E-state index < -0.39 is 5.66 Å². The molecule has 0 saturated heterocycles. The van der Waals surface area contributed by atoms with Crippen molar-refractivity contribution in [2.45, 2.75) is 19.5 Å². The van der Waals surface area contributed by atoms with Gasteiger partial charge in [0.25, 0.3) is 0 Å². The third-order valence-electron chi connectivity index (χ3n) is 8.42. The van der Waals surface area contributed by atoms with Crippen LogP contribution in [0.2, 0.25) is 0 Å². The highest BCUT2D eigenvalue weighted by Crippen LogP contribution is 2.56. The first-order valence-electron chi connectivity index (χ1n) is 13.0. The van der Waals surface area contributed by atoms with Gasteiger partial charge in [-0.2, -0.15) is 0 Å². The Hall–Kier alpha value is -4.90. The second-order valence-electron chi connectivity index (χ2n) is 10.3. The summed E-state index contributed by atoms with van der Waals surface area (Å²) in [5.74, 6) is 3.57. The average molecular weight is 494 g/mol. The molecule has 0 aliphatic carbocycles. The highest BCUT2D eigenvalue weighted by atomic mass is 16.5. The van der Waals surface area contributed by atoms with Crippen molar-refractivity contribution in [3.05, 3.63) is 126 Å². The number of fused-ring (bicyclic) bond motifs is 4. The summed E-state index contributed by atoms with van der Waals surface area (Å²) in [5.41, 5.74) is 9.92. The quantitative estimate of drug-likeness (QED) is 0.265. The summed E-state index contributed by atoms with van der Waals surface area (Å²) in [6, 6.07) is 29.3. The standard InChI is InChI=1S/C33H23N3O2/c1-20-19-34-32(21(2)29(20)26-16-15-25(37-26)22-9-4-3-5-10-22)23-11-6-13-27-30(23)33(34)31-24(12-7-14-28(31)38-27)35-17-8-18-36(33)35/h3-19H,1-2H3/q+2. The maximum Gasteiger partial charge on any atom is 0.447 e. The summed E-state index contributed by atoms with van der Waals surface area (Å²) >= 11 is 0. The van der Waals surface area contributed by atoms with Crippen LogP contribution in [0.3, 0.4) is 0 Å². The molecule has 5 heteroatoms. The van der Waals surface area contributed by atoms with E-state index in [2.05, 4.69) is 113 Å². The SMILES string of the molecule is Cc1c[n+]2c(c(C)c1-c1ccc(-c3ccccc3)o1)-c1cccc3c1C21c2c(cccc2-n2ccc[n+]21)O3. The van der Waals surface area contributed by atoms with Gasteiger partial charge in [-0.25, -0.2) is 0 Å². The average Bonchev–Trinajstić information content (AvgIpc) is 3.71. The van der Waals surface area contributed by atoms with Crippen LogP contribution in [0.1, 0.15) is 22.3 Å². The van der Waals surface area contributed by atoms with Crippen LogP contribution in [-0.4, -0.2) is 4.68 Å². The molecular weight excluding hydrogens is 470 g/mol. The molecule has 6 heterocycles. The van der Waals surface area contributed by atoms with E-state index >= 15 is 0 Å². The molecule has 6 aromatic rings. The van der Waals surface area contributed by atoms with E-state index in [1.807, 2.05) is 18.2 Å².